The lowest BCUT2D eigenvalue weighted by Gasteiger charge is -2.14. The van der Waals surface area contributed by atoms with Crippen LogP contribution < -0.4 is 0 Å². The molecular formula is C26H12F6N4. The summed E-state index contributed by atoms with van der Waals surface area (Å²) >= 11 is 0. The van der Waals surface area contributed by atoms with Crippen LogP contribution in [0.25, 0.3) is 33.8 Å². The smallest absolute Gasteiger partial charge is 0.243 e. The van der Waals surface area contributed by atoms with Gasteiger partial charge in [0.2, 0.25) is 6.19 Å². The van der Waals surface area contributed by atoms with E-state index in [1.165, 1.54) is 24.3 Å². The summed E-state index contributed by atoms with van der Waals surface area (Å²) in [6.07, 6.45) is -7.36. The second-order valence-electron chi connectivity index (χ2n) is 7.87. The van der Waals surface area contributed by atoms with E-state index >= 15 is 0 Å². The lowest BCUT2D eigenvalue weighted by Crippen LogP contribution is -2.07. The minimum Gasteiger partial charge on any atom is -0.243 e. The molecular weight excluding hydrogens is 482 g/mol. The second kappa shape index (κ2) is 8.30. The number of hydrogen-bond donors (Lipinski definition) is 0. The Kier molecular flexibility index (Phi) is 5.36. The minimum absolute atomic E-state index is 0.140. The molecule has 1 heterocycles. The van der Waals surface area contributed by atoms with Gasteiger partial charge in [0.1, 0.15) is 11.4 Å². The average molecular weight is 494 g/mol. The summed E-state index contributed by atoms with van der Waals surface area (Å²) in [4.78, 5) is 13.2. The molecule has 4 nitrogen and oxygen atoms in total. The van der Waals surface area contributed by atoms with Crippen molar-refractivity contribution in [2.75, 3.05) is 0 Å². The molecule has 0 fully saturated rings. The molecule has 4 aromatic rings. The lowest BCUT2D eigenvalue weighted by atomic mass is 10.0. The molecule has 0 unspecified atom stereocenters. The largest absolute Gasteiger partial charge is 0.416 e. The van der Waals surface area contributed by atoms with Gasteiger partial charge in [0.25, 0.3) is 0 Å². The van der Waals surface area contributed by atoms with Crippen LogP contribution in [-0.2, 0) is 12.4 Å². The maximum Gasteiger partial charge on any atom is 0.416 e. The molecule has 10 heteroatoms. The quantitative estimate of drug-likeness (QED) is 0.193. The number of benzene rings is 3. The molecule has 0 bridgehead atoms. The predicted octanol–water partition coefficient (Wildman–Crippen LogP) is 7.15. The van der Waals surface area contributed by atoms with Gasteiger partial charge in [-0.25, -0.2) is 9.97 Å². The molecule has 0 radical (unpaired) electrons. The van der Waals surface area contributed by atoms with Gasteiger partial charge in [-0.3, -0.25) is 0 Å². The number of hydrogen-bond acceptors (Lipinski definition) is 4. The molecule has 0 aliphatic heterocycles. The number of nitriles is 1. The van der Waals surface area contributed by atoms with E-state index in [1.54, 1.807) is 30.5 Å². The van der Waals surface area contributed by atoms with Crippen molar-refractivity contribution in [2.24, 2.45) is 4.99 Å². The second-order valence-corrected chi connectivity index (χ2v) is 7.87. The number of aliphatic imine (C=N–C) groups is 1. The first-order chi connectivity index (χ1) is 17.1. The first-order valence-corrected chi connectivity index (χ1v) is 10.4. The first kappa shape index (κ1) is 23.2. The van der Waals surface area contributed by atoms with Gasteiger partial charge in [0, 0.05) is 22.3 Å². The minimum atomic E-state index is -4.55. The number of fused-ring (bicyclic) bond motifs is 3. The first-order valence-electron chi connectivity index (χ1n) is 10.4. The standard InChI is InChI=1S/C26H12F6N4/c27-25(28,29)16-9-5-14(6-10-16)20-21(15-7-11-17(12-8-15)26(30,31)32)36-24-22(34-13-33)18-3-1-2-4-19(18)23(24)35-20/h1-12H. The van der Waals surface area contributed by atoms with E-state index in [0.717, 1.165) is 24.3 Å². The summed E-state index contributed by atoms with van der Waals surface area (Å²) in [5.41, 5.74) is 1.24. The molecule has 1 aliphatic rings. The Morgan fingerprint density at radius 1 is 0.583 bits per heavy atom. The normalized spacial score (nSPS) is 13.9. The fourth-order valence-corrected chi connectivity index (χ4v) is 4.01. The Hall–Kier alpha value is -4.52. The summed E-state index contributed by atoms with van der Waals surface area (Å²) in [6.45, 7) is 0. The molecule has 0 amide bonds. The zero-order valence-electron chi connectivity index (χ0n) is 18.0. The van der Waals surface area contributed by atoms with Crippen LogP contribution in [0.3, 0.4) is 0 Å². The van der Waals surface area contributed by atoms with E-state index in [-0.39, 0.29) is 33.9 Å². The van der Waals surface area contributed by atoms with Crippen LogP contribution >= 0.6 is 0 Å². The van der Waals surface area contributed by atoms with Gasteiger partial charge in [-0.15, -0.1) is 0 Å². The highest BCUT2D eigenvalue weighted by atomic mass is 19.4. The van der Waals surface area contributed by atoms with Crippen molar-refractivity contribution < 1.29 is 26.3 Å². The molecule has 1 aliphatic carbocycles. The van der Waals surface area contributed by atoms with E-state index in [9.17, 15) is 31.6 Å². The van der Waals surface area contributed by atoms with Crippen LogP contribution in [0.1, 0.15) is 22.4 Å². The molecule has 5 rings (SSSR count). The third-order valence-corrected chi connectivity index (χ3v) is 5.69. The van der Waals surface area contributed by atoms with E-state index in [0.29, 0.717) is 16.8 Å². The Morgan fingerprint density at radius 2 is 1.03 bits per heavy atom. The molecule has 0 saturated carbocycles. The fraction of sp³-hybridized carbons (Fsp3) is 0.0769. The van der Waals surface area contributed by atoms with Crippen molar-refractivity contribution >= 4 is 5.71 Å². The molecule has 3 aromatic carbocycles. The van der Waals surface area contributed by atoms with Gasteiger partial charge in [0.15, 0.2) is 0 Å². The number of halogens is 6. The Labute approximate surface area is 200 Å². The van der Waals surface area contributed by atoms with Crippen molar-refractivity contribution in [2.45, 2.75) is 12.4 Å². The van der Waals surface area contributed by atoms with Crippen LogP contribution in [0.4, 0.5) is 26.3 Å². The molecule has 0 saturated heterocycles. The van der Waals surface area contributed by atoms with Gasteiger partial charge >= 0.3 is 12.4 Å². The number of aromatic nitrogens is 2. The predicted molar refractivity (Wildman–Crippen MR) is 120 cm³/mol. The van der Waals surface area contributed by atoms with Crippen LogP contribution in [0.5, 0.6) is 0 Å². The van der Waals surface area contributed by atoms with Crippen molar-refractivity contribution in [3.63, 3.8) is 0 Å². The van der Waals surface area contributed by atoms with Gasteiger partial charge < -0.3 is 0 Å². The van der Waals surface area contributed by atoms with Crippen molar-refractivity contribution in [1.82, 2.24) is 9.97 Å². The third kappa shape index (κ3) is 3.98. The van der Waals surface area contributed by atoms with Crippen LogP contribution in [0, 0.1) is 11.5 Å². The summed E-state index contributed by atoms with van der Waals surface area (Å²) in [5, 5.41) is 9.21. The average Bonchev–Trinajstić information content (AvgIpc) is 3.15. The highest BCUT2D eigenvalue weighted by Crippen LogP contribution is 2.40. The molecule has 36 heavy (non-hydrogen) atoms. The monoisotopic (exact) mass is 494 g/mol. The maximum atomic E-state index is 13.1. The number of alkyl halides is 6. The van der Waals surface area contributed by atoms with Crippen molar-refractivity contribution in [3.8, 4) is 40.0 Å². The zero-order chi connectivity index (χ0) is 25.7. The molecule has 0 atom stereocenters. The highest BCUT2D eigenvalue weighted by molar-refractivity contribution is 6.23. The Morgan fingerprint density at radius 3 is 1.47 bits per heavy atom. The van der Waals surface area contributed by atoms with Gasteiger partial charge in [-0.05, 0) is 24.3 Å². The number of rotatable bonds is 2. The van der Waals surface area contributed by atoms with E-state index < -0.39 is 23.5 Å². The van der Waals surface area contributed by atoms with Crippen LogP contribution in [0.2, 0.25) is 0 Å². The molecule has 1 aromatic heterocycles. The van der Waals surface area contributed by atoms with Gasteiger partial charge in [-0.1, -0.05) is 48.5 Å². The van der Waals surface area contributed by atoms with E-state index in [4.69, 9.17) is 0 Å². The third-order valence-electron chi connectivity index (χ3n) is 5.69. The summed E-state index contributed by atoms with van der Waals surface area (Å²) in [7, 11) is 0. The Bertz CT molecular complexity index is 1540. The lowest BCUT2D eigenvalue weighted by molar-refractivity contribution is -0.138. The molecule has 0 N–H and O–H groups in total. The zero-order valence-corrected chi connectivity index (χ0v) is 18.0. The SMILES string of the molecule is N#CN=C1c2ccccc2-c2nc(-c3ccc(C(F)(F)F)cc3)c(-c3ccc(C(F)(F)F)cc3)nc21. The van der Waals surface area contributed by atoms with E-state index in [1.807, 2.05) is 0 Å². The summed E-state index contributed by atoms with van der Waals surface area (Å²) in [6, 6.07) is 15.4. The summed E-state index contributed by atoms with van der Waals surface area (Å²) < 4.78 is 78.6. The topological polar surface area (TPSA) is 61.9 Å². The van der Waals surface area contributed by atoms with Crippen molar-refractivity contribution in [1.29, 1.82) is 5.26 Å². The maximum absolute atomic E-state index is 13.1. The fourth-order valence-electron chi connectivity index (χ4n) is 4.01. The summed E-state index contributed by atoms with van der Waals surface area (Å²) in [5.74, 6) is 0. The van der Waals surface area contributed by atoms with E-state index in [2.05, 4.69) is 15.0 Å². The van der Waals surface area contributed by atoms with Crippen LogP contribution in [-0.4, -0.2) is 15.7 Å². The Balaban J connectivity index is 1.76. The number of nitrogens with zero attached hydrogens (tertiary/aromatic N) is 4. The van der Waals surface area contributed by atoms with Crippen LogP contribution in [0.15, 0.2) is 77.8 Å². The molecule has 178 valence electrons. The van der Waals surface area contributed by atoms with Gasteiger partial charge in [0.05, 0.1) is 28.2 Å². The molecule has 0 spiro atoms. The van der Waals surface area contributed by atoms with Gasteiger partial charge in [-0.2, -0.15) is 36.6 Å². The van der Waals surface area contributed by atoms with Crippen molar-refractivity contribution in [3.05, 3.63) is 95.2 Å². The highest BCUT2D eigenvalue weighted by Gasteiger charge is 2.33.